The van der Waals surface area contributed by atoms with Gasteiger partial charge in [0.05, 0.1) is 22.6 Å². The number of non-ortho nitro benzene ring substituents is 1. The minimum absolute atomic E-state index is 0.0929. The molecule has 8 nitrogen and oxygen atoms in total. The third kappa shape index (κ3) is 3.10. The van der Waals surface area contributed by atoms with Crippen LogP contribution in [0.1, 0.15) is 11.3 Å². The molecule has 1 aromatic carbocycles. The number of nitriles is 1. The lowest BCUT2D eigenvalue weighted by Gasteiger charge is -1.98. The number of hydrogen-bond acceptors (Lipinski definition) is 6. The van der Waals surface area contributed by atoms with Crippen molar-refractivity contribution in [2.75, 3.05) is 0 Å². The van der Waals surface area contributed by atoms with Gasteiger partial charge in [-0.05, 0) is 29.8 Å². The van der Waals surface area contributed by atoms with Crippen molar-refractivity contribution in [3.05, 3.63) is 68.0 Å². The van der Waals surface area contributed by atoms with Crippen LogP contribution >= 0.6 is 0 Å². The normalized spacial score (nSPS) is 10.9. The maximum atomic E-state index is 10.6. The second kappa shape index (κ2) is 5.66. The number of nitro benzene ring substituents is 1. The maximum absolute atomic E-state index is 10.6. The third-order valence-corrected chi connectivity index (χ3v) is 2.59. The summed E-state index contributed by atoms with van der Waals surface area (Å²) in [6.45, 7) is 0. The number of nitrogens with zero attached hydrogens (tertiary/aromatic N) is 3. The summed E-state index contributed by atoms with van der Waals surface area (Å²) >= 11 is 0. The molecule has 0 aliphatic heterocycles. The first kappa shape index (κ1) is 14.0. The monoisotopic (exact) mass is 285 g/mol. The molecule has 1 heterocycles. The van der Waals surface area contributed by atoms with Gasteiger partial charge in [0, 0.05) is 12.1 Å². The molecule has 0 bridgehead atoms. The van der Waals surface area contributed by atoms with Crippen molar-refractivity contribution in [1.29, 1.82) is 5.26 Å². The summed E-state index contributed by atoms with van der Waals surface area (Å²) in [5.74, 6) is -0.279. The Morgan fingerprint density at radius 3 is 2.24 bits per heavy atom. The Morgan fingerprint density at radius 2 is 1.76 bits per heavy atom. The van der Waals surface area contributed by atoms with Crippen LogP contribution in [0.5, 0.6) is 0 Å². The molecule has 0 spiro atoms. The van der Waals surface area contributed by atoms with Crippen molar-refractivity contribution in [2.45, 2.75) is 0 Å². The fraction of sp³-hybridized carbons (Fsp3) is 0. The highest BCUT2D eigenvalue weighted by Gasteiger charge is 2.12. The van der Waals surface area contributed by atoms with Crippen molar-refractivity contribution in [2.24, 2.45) is 0 Å². The lowest BCUT2D eigenvalue weighted by atomic mass is 10.1. The smallest absolute Gasteiger partial charge is 0.401 e. The van der Waals surface area contributed by atoms with E-state index in [1.807, 2.05) is 6.07 Å². The second-order valence-electron chi connectivity index (χ2n) is 3.91. The predicted molar refractivity (Wildman–Crippen MR) is 71.9 cm³/mol. The molecule has 0 unspecified atom stereocenters. The van der Waals surface area contributed by atoms with E-state index in [4.69, 9.17) is 9.68 Å². The average molecular weight is 285 g/mol. The number of allylic oxidation sites excluding steroid dienone is 1. The van der Waals surface area contributed by atoms with Crippen LogP contribution < -0.4 is 0 Å². The Morgan fingerprint density at radius 1 is 1.10 bits per heavy atom. The summed E-state index contributed by atoms with van der Waals surface area (Å²) in [7, 11) is 0. The van der Waals surface area contributed by atoms with Crippen molar-refractivity contribution in [3.63, 3.8) is 0 Å². The van der Waals surface area contributed by atoms with E-state index < -0.39 is 15.7 Å². The number of furan rings is 1. The van der Waals surface area contributed by atoms with E-state index in [1.165, 1.54) is 42.5 Å². The Hall–Kier alpha value is -3.47. The van der Waals surface area contributed by atoms with Crippen LogP contribution in [0.25, 0.3) is 11.6 Å². The molecule has 0 saturated carbocycles. The predicted octanol–water partition coefficient (Wildman–Crippen LogP) is 3.16. The SMILES string of the molecule is N#C/C(=C/c1ccc([N+](=O)[O-])o1)c1ccc([N+](=O)[O-])cc1. The number of hydrogen-bond donors (Lipinski definition) is 0. The van der Waals surface area contributed by atoms with Crippen LogP contribution in [0.15, 0.2) is 40.8 Å². The fourth-order valence-corrected chi connectivity index (χ4v) is 1.60. The van der Waals surface area contributed by atoms with E-state index in [0.717, 1.165) is 0 Å². The summed E-state index contributed by atoms with van der Waals surface area (Å²) in [5, 5.41) is 30.2. The van der Waals surface area contributed by atoms with Crippen LogP contribution in [-0.4, -0.2) is 9.85 Å². The Bertz CT molecular complexity index is 768. The molecule has 8 heteroatoms. The first-order valence-electron chi connectivity index (χ1n) is 5.62. The molecule has 21 heavy (non-hydrogen) atoms. The molecule has 0 amide bonds. The number of nitro groups is 2. The highest BCUT2D eigenvalue weighted by Crippen LogP contribution is 2.23. The minimum Gasteiger partial charge on any atom is -0.401 e. The van der Waals surface area contributed by atoms with E-state index in [9.17, 15) is 20.2 Å². The zero-order valence-corrected chi connectivity index (χ0v) is 10.4. The van der Waals surface area contributed by atoms with Crippen LogP contribution in [0.3, 0.4) is 0 Å². The zero-order valence-electron chi connectivity index (χ0n) is 10.4. The van der Waals surface area contributed by atoms with Gasteiger partial charge in [0.15, 0.2) is 0 Å². The summed E-state index contributed by atoms with van der Waals surface area (Å²) in [6.07, 6.45) is 1.33. The van der Waals surface area contributed by atoms with Crippen LogP contribution in [0, 0.1) is 31.6 Å². The van der Waals surface area contributed by atoms with Gasteiger partial charge < -0.3 is 4.42 Å². The van der Waals surface area contributed by atoms with Crippen LogP contribution in [-0.2, 0) is 0 Å². The highest BCUT2D eigenvalue weighted by atomic mass is 16.6. The van der Waals surface area contributed by atoms with E-state index in [2.05, 4.69) is 0 Å². The van der Waals surface area contributed by atoms with Crippen molar-refractivity contribution < 1.29 is 14.3 Å². The van der Waals surface area contributed by atoms with Gasteiger partial charge in [-0.2, -0.15) is 5.26 Å². The third-order valence-electron chi connectivity index (χ3n) is 2.59. The first-order valence-corrected chi connectivity index (χ1v) is 5.62. The zero-order chi connectivity index (χ0) is 15.4. The van der Waals surface area contributed by atoms with Gasteiger partial charge in [0.2, 0.25) is 0 Å². The summed E-state index contributed by atoms with van der Waals surface area (Å²) in [4.78, 5) is 19.8. The van der Waals surface area contributed by atoms with E-state index in [-0.39, 0.29) is 17.0 Å². The summed E-state index contributed by atoms with van der Waals surface area (Å²) in [6, 6.07) is 9.83. The van der Waals surface area contributed by atoms with Crippen LogP contribution in [0.2, 0.25) is 0 Å². The molecular formula is C13H7N3O5. The molecule has 0 saturated heterocycles. The molecule has 104 valence electrons. The lowest BCUT2D eigenvalue weighted by Crippen LogP contribution is -1.88. The van der Waals surface area contributed by atoms with E-state index >= 15 is 0 Å². The fourth-order valence-electron chi connectivity index (χ4n) is 1.60. The summed E-state index contributed by atoms with van der Waals surface area (Å²) in [5.41, 5.74) is 0.529. The second-order valence-corrected chi connectivity index (χ2v) is 3.91. The van der Waals surface area contributed by atoms with Crippen molar-refractivity contribution in [1.82, 2.24) is 0 Å². The Balaban J connectivity index is 2.34. The van der Waals surface area contributed by atoms with Gasteiger partial charge in [-0.25, -0.2) is 0 Å². The van der Waals surface area contributed by atoms with E-state index in [0.29, 0.717) is 5.56 Å². The molecule has 0 N–H and O–H groups in total. The van der Waals surface area contributed by atoms with Crippen molar-refractivity contribution in [3.8, 4) is 6.07 Å². The standard InChI is InChI=1S/C13H7N3O5/c14-8-10(7-12-5-6-13(21-12)16(19)20)9-1-3-11(4-2-9)15(17)18/h1-7H/b10-7-. The average Bonchev–Trinajstić information content (AvgIpc) is 2.93. The van der Waals surface area contributed by atoms with Gasteiger partial charge in [-0.15, -0.1) is 0 Å². The van der Waals surface area contributed by atoms with Crippen molar-refractivity contribution >= 4 is 23.2 Å². The summed E-state index contributed by atoms with van der Waals surface area (Å²) < 4.78 is 4.93. The molecule has 1 aromatic heterocycles. The van der Waals surface area contributed by atoms with Gasteiger partial charge in [-0.1, -0.05) is 0 Å². The minimum atomic E-state index is -0.685. The molecule has 0 aliphatic carbocycles. The lowest BCUT2D eigenvalue weighted by molar-refractivity contribution is -0.402. The van der Waals surface area contributed by atoms with Gasteiger partial charge >= 0.3 is 5.88 Å². The molecular weight excluding hydrogens is 278 g/mol. The molecule has 0 aliphatic rings. The largest absolute Gasteiger partial charge is 0.433 e. The Labute approximate surface area is 117 Å². The Kier molecular flexibility index (Phi) is 3.76. The molecule has 0 atom stereocenters. The highest BCUT2D eigenvalue weighted by molar-refractivity contribution is 5.88. The number of rotatable bonds is 4. The molecule has 2 rings (SSSR count). The first-order chi connectivity index (χ1) is 10.0. The molecule has 0 fully saturated rings. The van der Waals surface area contributed by atoms with Gasteiger partial charge in [0.1, 0.15) is 10.7 Å². The maximum Gasteiger partial charge on any atom is 0.433 e. The van der Waals surface area contributed by atoms with Crippen LogP contribution in [0.4, 0.5) is 11.6 Å². The molecule has 0 radical (unpaired) electrons. The quantitative estimate of drug-likeness (QED) is 0.482. The molecule has 2 aromatic rings. The van der Waals surface area contributed by atoms with E-state index in [1.54, 1.807) is 0 Å². The topological polar surface area (TPSA) is 123 Å². The number of benzene rings is 1. The van der Waals surface area contributed by atoms with Gasteiger partial charge in [-0.3, -0.25) is 20.2 Å². The van der Waals surface area contributed by atoms with Gasteiger partial charge in [0.25, 0.3) is 5.69 Å².